The van der Waals surface area contributed by atoms with E-state index >= 15 is 0 Å². The highest BCUT2D eigenvalue weighted by atomic mass is 16.3. The molecule has 1 N–H and O–H groups in total. The van der Waals surface area contributed by atoms with Crippen LogP contribution in [0.4, 0.5) is 0 Å². The molecule has 0 aliphatic carbocycles. The highest BCUT2D eigenvalue weighted by Gasteiger charge is 2.30. The van der Waals surface area contributed by atoms with Crippen molar-refractivity contribution in [2.45, 2.75) is 25.5 Å². The molecule has 1 aliphatic rings. The molecule has 1 aliphatic heterocycles. The van der Waals surface area contributed by atoms with Crippen molar-refractivity contribution in [1.29, 1.82) is 0 Å². The Hall–Kier alpha value is -2.24. The minimum Gasteiger partial charge on any atom is -0.385 e. The zero-order valence-electron chi connectivity index (χ0n) is 14.6. The van der Waals surface area contributed by atoms with E-state index in [0.29, 0.717) is 13.1 Å². The summed E-state index contributed by atoms with van der Waals surface area (Å²) in [5, 5.41) is 10.7. The van der Waals surface area contributed by atoms with Crippen LogP contribution in [0.1, 0.15) is 24.5 Å². The van der Waals surface area contributed by atoms with E-state index < -0.39 is 5.60 Å². The molecule has 1 fully saturated rings. The fourth-order valence-corrected chi connectivity index (χ4v) is 3.21. The lowest BCUT2D eigenvalue weighted by Gasteiger charge is -2.36. The Labute approximate surface area is 148 Å². The third-order valence-corrected chi connectivity index (χ3v) is 4.77. The van der Waals surface area contributed by atoms with Gasteiger partial charge in [-0.15, -0.1) is 0 Å². The summed E-state index contributed by atoms with van der Waals surface area (Å²) in [6, 6.07) is 13.4. The molecule has 3 rings (SSSR count). The van der Waals surface area contributed by atoms with Gasteiger partial charge in [0.25, 0.3) is 0 Å². The number of pyridine rings is 1. The number of carbonyl (C=O) groups excluding carboxylic acids is 1. The average Bonchev–Trinajstić information content (AvgIpc) is 2.63. The summed E-state index contributed by atoms with van der Waals surface area (Å²) in [5.74, 6) is 0.0115. The van der Waals surface area contributed by atoms with E-state index in [1.807, 2.05) is 47.4 Å². The molecular weight excluding hydrogens is 314 g/mol. The molecule has 0 saturated carbocycles. The lowest BCUT2D eigenvalue weighted by atomic mass is 9.92. The van der Waals surface area contributed by atoms with Crippen molar-refractivity contribution >= 4 is 5.91 Å². The largest absolute Gasteiger partial charge is 0.385 e. The van der Waals surface area contributed by atoms with Crippen LogP contribution < -0.4 is 0 Å². The number of nitrogens with zero attached hydrogens (tertiary/aromatic N) is 3. The molecule has 1 aromatic carbocycles. The van der Waals surface area contributed by atoms with E-state index in [1.54, 1.807) is 19.3 Å². The number of hydrogen-bond donors (Lipinski definition) is 1. The second-order valence-corrected chi connectivity index (χ2v) is 6.83. The molecule has 1 aromatic heterocycles. The minimum absolute atomic E-state index is 0.0115. The molecule has 5 nitrogen and oxygen atoms in total. The lowest BCUT2D eigenvalue weighted by molar-refractivity contribution is -0.138. The molecule has 25 heavy (non-hydrogen) atoms. The van der Waals surface area contributed by atoms with Crippen LogP contribution >= 0.6 is 0 Å². The maximum absolute atomic E-state index is 12.6. The number of carbonyl (C=O) groups is 1. The van der Waals surface area contributed by atoms with Crippen LogP contribution in [0.2, 0.25) is 0 Å². The number of hydrogen-bond acceptors (Lipinski definition) is 4. The van der Waals surface area contributed by atoms with Gasteiger partial charge < -0.3 is 10.0 Å². The minimum atomic E-state index is -1.13. The molecule has 1 unspecified atom stereocenters. The molecule has 1 atom stereocenters. The van der Waals surface area contributed by atoms with E-state index in [4.69, 9.17) is 0 Å². The molecule has 132 valence electrons. The summed E-state index contributed by atoms with van der Waals surface area (Å²) in [5.41, 5.74) is 0.883. The lowest BCUT2D eigenvalue weighted by Crippen LogP contribution is -2.49. The zero-order valence-corrected chi connectivity index (χ0v) is 14.6. The smallest absolute Gasteiger partial charge is 0.225 e. The van der Waals surface area contributed by atoms with Crippen LogP contribution in [0.25, 0.3) is 0 Å². The fraction of sp³-hybridized carbons (Fsp3) is 0.400. The third-order valence-electron chi connectivity index (χ3n) is 4.77. The van der Waals surface area contributed by atoms with Gasteiger partial charge in [-0.25, -0.2) is 0 Å². The van der Waals surface area contributed by atoms with Gasteiger partial charge in [-0.05, 0) is 30.2 Å². The monoisotopic (exact) mass is 339 g/mol. The second kappa shape index (κ2) is 7.76. The van der Waals surface area contributed by atoms with Gasteiger partial charge in [0, 0.05) is 45.1 Å². The highest BCUT2D eigenvalue weighted by Crippen LogP contribution is 2.25. The van der Waals surface area contributed by atoms with E-state index in [0.717, 1.165) is 25.2 Å². The van der Waals surface area contributed by atoms with Gasteiger partial charge in [-0.2, -0.15) is 0 Å². The predicted octanol–water partition coefficient (Wildman–Crippen LogP) is 2.02. The van der Waals surface area contributed by atoms with Gasteiger partial charge in [0.1, 0.15) is 0 Å². The van der Waals surface area contributed by atoms with E-state index in [9.17, 15) is 9.90 Å². The maximum Gasteiger partial charge on any atom is 0.225 e. The molecule has 0 radical (unpaired) electrons. The summed E-state index contributed by atoms with van der Waals surface area (Å²) in [6.07, 6.45) is 3.73. The molecular formula is C20H25N3O2. The number of amides is 1. The normalized spacial score (nSPS) is 17.9. The number of aliphatic hydroxyl groups is 1. The standard InChI is InChI=1S/C20H25N3O2/c1-20(25,18-5-3-2-4-6-18)15-19(24)23-13-11-22(12-14-23)16-17-7-9-21-10-8-17/h2-10,25H,11-16H2,1H3. The number of rotatable bonds is 5. The van der Waals surface area contributed by atoms with E-state index in [1.165, 1.54) is 5.56 Å². The van der Waals surface area contributed by atoms with Crippen LogP contribution in [-0.2, 0) is 16.9 Å². The van der Waals surface area contributed by atoms with Gasteiger partial charge in [-0.3, -0.25) is 14.7 Å². The van der Waals surface area contributed by atoms with Crippen LogP contribution in [0.5, 0.6) is 0 Å². The maximum atomic E-state index is 12.6. The first-order valence-electron chi connectivity index (χ1n) is 8.71. The summed E-state index contributed by atoms with van der Waals surface area (Å²) in [6.45, 7) is 5.69. The second-order valence-electron chi connectivity index (χ2n) is 6.83. The van der Waals surface area contributed by atoms with Crippen molar-refractivity contribution in [3.63, 3.8) is 0 Å². The van der Waals surface area contributed by atoms with E-state index in [-0.39, 0.29) is 12.3 Å². The van der Waals surface area contributed by atoms with Gasteiger partial charge in [-0.1, -0.05) is 30.3 Å². The molecule has 2 aromatic rings. The van der Waals surface area contributed by atoms with Gasteiger partial charge >= 0.3 is 0 Å². The Morgan fingerprint density at radius 1 is 1.08 bits per heavy atom. The highest BCUT2D eigenvalue weighted by molar-refractivity contribution is 5.77. The number of benzene rings is 1. The number of aromatic nitrogens is 1. The first-order chi connectivity index (χ1) is 12.0. The molecule has 5 heteroatoms. The van der Waals surface area contributed by atoms with Crippen molar-refractivity contribution in [2.75, 3.05) is 26.2 Å². The summed E-state index contributed by atoms with van der Waals surface area (Å²) >= 11 is 0. The first-order valence-corrected chi connectivity index (χ1v) is 8.71. The van der Waals surface area contributed by atoms with Crippen molar-refractivity contribution < 1.29 is 9.90 Å². The van der Waals surface area contributed by atoms with Gasteiger partial charge in [0.2, 0.25) is 5.91 Å². The van der Waals surface area contributed by atoms with Gasteiger partial charge in [0.15, 0.2) is 0 Å². The van der Waals surface area contributed by atoms with Gasteiger partial charge in [0.05, 0.1) is 12.0 Å². The van der Waals surface area contributed by atoms with Crippen molar-refractivity contribution in [1.82, 2.24) is 14.8 Å². The van der Waals surface area contributed by atoms with Crippen LogP contribution in [0.15, 0.2) is 54.9 Å². The van der Waals surface area contributed by atoms with Crippen molar-refractivity contribution in [3.8, 4) is 0 Å². The van der Waals surface area contributed by atoms with Crippen LogP contribution in [0, 0.1) is 0 Å². The quantitative estimate of drug-likeness (QED) is 0.905. The summed E-state index contributed by atoms with van der Waals surface area (Å²) < 4.78 is 0. The molecule has 0 bridgehead atoms. The fourth-order valence-electron chi connectivity index (χ4n) is 3.21. The van der Waals surface area contributed by atoms with Crippen molar-refractivity contribution in [3.05, 3.63) is 66.0 Å². The molecule has 1 amide bonds. The summed E-state index contributed by atoms with van der Waals surface area (Å²) in [4.78, 5) is 20.8. The van der Waals surface area contributed by atoms with Crippen LogP contribution in [0.3, 0.4) is 0 Å². The molecule has 0 spiro atoms. The average molecular weight is 339 g/mol. The zero-order chi connectivity index (χ0) is 17.7. The third kappa shape index (κ3) is 4.65. The topological polar surface area (TPSA) is 56.7 Å². The predicted molar refractivity (Wildman–Crippen MR) is 96.7 cm³/mol. The van der Waals surface area contributed by atoms with E-state index in [2.05, 4.69) is 9.88 Å². The molecule has 1 saturated heterocycles. The van der Waals surface area contributed by atoms with Crippen molar-refractivity contribution in [2.24, 2.45) is 0 Å². The first kappa shape index (κ1) is 17.6. The molecule has 2 heterocycles. The van der Waals surface area contributed by atoms with Crippen LogP contribution in [-0.4, -0.2) is 52.0 Å². The Balaban J connectivity index is 1.51. The number of piperazine rings is 1. The Bertz CT molecular complexity index is 681. The Morgan fingerprint density at radius 2 is 1.72 bits per heavy atom. The SMILES string of the molecule is CC(O)(CC(=O)N1CCN(Cc2ccncc2)CC1)c1ccccc1. The Morgan fingerprint density at radius 3 is 2.36 bits per heavy atom. The summed E-state index contributed by atoms with van der Waals surface area (Å²) in [7, 11) is 0. The Kier molecular flexibility index (Phi) is 5.46.